The summed E-state index contributed by atoms with van der Waals surface area (Å²) < 4.78 is 0. The van der Waals surface area contributed by atoms with Crippen LogP contribution in [0.2, 0.25) is 0 Å². The molecule has 0 aliphatic heterocycles. The molecule has 1 rings (SSSR count). The largest absolute Gasteiger partial charge is 0.359 e. The minimum absolute atomic E-state index is 0.146. The highest BCUT2D eigenvalue weighted by molar-refractivity contribution is 5.78. The van der Waals surface area contributed by atoms with Crippen LogP contribution in [-0.2, 0) is 4.79 Å². The minimum Gasteiger partial charge on any atom is -0.359 e. The predicted octanol–water partition coefficient (Wildman–Crippen LogP) is -0.140. The Morgan fingerprint density at radius 3 is 2.70 bits per heavy atom. The van der Waals surface area contributed by atoms with Gasteiger partial charge in [-0.05, 0) is 19.3 Å². The molecule has 2 atom stereocenters. The molecule has 0 unspecified atom stereocenters. The fraction of sp³-hybridized carbons (Fsp3) is 0.857. The number of carbonyl (C=O) groups is 1. The van der Waals surface area contributed by atoms with E-state index in [1.807, 2.05) is 0 Å². The summed E-state index contributed by atoms with van der Waals surface area (Å²) in [6, 6.07) is 0.252. The Hall–Kier alpha value is -0.570. The van der Waals surface area contributed by atoms with Crippen molar-refractivity contribution in [3.63, 3.8) is 0 Å². The lowest BCUT2D eigenvalue weighted by Crippen LogP contribution is -2.26. The van der Waals surface area contributed by atoms with Crippen molar-refractivity contribution in [2.45, 2.75) is 25.3 Å². The zero-order valence-electron chi connectivity index (χ0n) is 6.26. The van der Waals surface area contributed by atoms with Gasteiger partial charge in [-0.25, -0.2) is 0 Å². The molecule has 1 fully saturated rings. The normalized spacial score (nSPS) is 32.2. The van der Waals surface area contributed by atoms with Crippen LogP contribution in [-0.4, -0.2) is 19.0 Å². The van der Waals surface area contributed by atoms with Crippen LogP contribution in [0.3, 0.4) is 0 Å². The smallest absolute Gasteiger partial charge is 0.222 e. The van der Waals surface area contributed by atoms with Gasteiger partial charge < -0.3 is 11.1 Å². The molecule has 0 heterocycles. The van der Waals surface area contributed by atoms with Crippen molar-refractivity contribution < 1.29 is 4.79 Å². The van der Waals surface area contributed by atoms with Gasteiger partial charge in [0.1, 0.15) is 0 Å². The number of amides is 1. The van der Waals surface area contributed by atoms with Gasteiger partial charge in [-0.3, -0.25) is 4.79 Å². The fourth-order valence-electron chi connectivity index (χ4n) is 1.46. The van der Waals surface area contributed by atoms with Crippen LogP contribution in [0.15, 0.2) is 0 Å². The lowest BCUT2D eigenvalue weighted by Gasteiger charge is -2.05. The van der Waals surface area contributed by atoms with Crippen molar-refractivity contribution in [3.05, 3.63) is 0 Å². The maximum atomic E-state index is 11.0. The molecule has 0 aromatic heterocycles. The number of nitrogens with one attached hydrogen (secondary N) is 1. The molecular weight excluding hydrogens is 128 g/mol. The molecule has 0 bridgehead atoms. The average molecular weight is 142 g/mol. The molecule has 1 saturated carbocycles. The zero-order valence-corrected chi connectivity index (χ0v) is 6.26. The van der Waals surface area contributed by atoms with Crippen LogP contribution in [0, 0.1) is 5.92 Å². The molecule has 3 N–H and O–H groups in total. The molecule has 10 heavy (non-hydrogen) atoms. The molecule has 0 aromatic carbocycles. The molecule has 1 aliphatic carbocycles. The summed E-state index contributed by atoms with van der Waals surface area (Å²) in [5.74, 6) is 0.327. The molecule has 58 valence electrons. The third kappa shape index (κ3) is 1.48. The predicted molar refractivity (Wildman–Crippen MR) is 39.4 cm³/mol. The Labute approximate surface area is 61.0 Å². The lowest BCUT2D eigenvalue weighted by molar-refractivity contribution is -0.124. The van der Waals surface area contributed by atoms with Gasteiger partial charge in [-0.15, -0.1) is 0 Å². The highest BCUT2D eigenvalue weighted by atomic mass is 16.1. The topological polar surface area (TPSA) is 55.1 Å². The number of hydrogen-bond acceptors (Lipinski definition) is 2. The van der Waals surface area contributed by atoms with Gasteiger partial charge >= 0.3 is 0 Å². The molecule has 1 aliphatic rings. The summed E-state index contributed by atoms with van der Waals surface area (Å²) in [5.41, 5.74) is 5.64. The first-order valence-corrected chi connectivity index (χ1v) is 3.71. The monoisotopic (exact) mass is 142 g/mol. The van der Waals surface area contributed by atoms with Crippen LogP contribution in [0.25, 0.3) is 0 Å². The van der Waals surface area contributed by atoms with Crippen molar-refractivity contribution in [2.24, 2.45) is 11.7 Å². The van der Waals surface area contributed by atoms with Gasteiger partial charge in [0.05, 0.1) is 0 Å². The Morgan fingerprint density at radius 2 is 2.30 bits per heavy atom. The highest BCUT2D eigenvalue weighted by Gasteiger charge is 2.26. The Kier molecular flexibility index (Phi) is 2.27. The van der Waals surface area contributed by atoms with E-state index >= 15 is 0 Å². The fourth-order valence-corrected chi connectivity index (χ4v) is 1.46. The second-order valence-electron chi connectivity index (χ2n) is 2.88. The van der Waals surface area contributed by atoms with Crippen LogP contribution >= 0.6 is 0 Å². The van der Waals surface area contributed by atoms with E-state index in [9.17, 15) is 4.79 Å². The molecule has 0 aromatic rings. The molecule has 1 amide bonds. The van der Waals surface area contributed by atoms with Crippen molar-refractivity contribution in [1.29, 1.82) is 0 Å². The van der Waals surface area contributed by atoms with E-state index in [1.54, 1.807) is 7.05 Å². The van der Waals surface area contributed by atoms with E-state index in [4.69, 9.17) is 5.73 Å². The van der Waals surface area contributed by atoms with E-state index in [-0.39, 0.29) is 17.9 Å². The van der Waals surface area contributed by atoms with Crippen LogP contribution in [0.4, 0.5) is 0 Å². The molecule has 0 radical (unpaired) electrons. The highest BCUT2D eigenvalue weighted by Crippen LogP contribution is 2.23. The van der Waals surface area contributed by atoms with Gasteiger partial charge in [0.2, 0.25) is 5.91 Å². The molecule has 3 heteroatoms. The zero-order chi connectivity index (χ0) is 7.56. The number of nitrogens with two attached hydrogens (primary N) is 1. The van der Waals surface area contributed by atoms with Gasteiger partial charge in [0.15, 0.2) is 0 Å². The van der Waals surface area contributed by atoms with Crippen LogP contribution in [0.5, 0.6) is 0 Å². The second kappa shape index (κ2) is 3.01. The summed E-state index contributed by atoms with van der Waals surface area (Å²) in [6.07, 6.45) is 2.82. The quantitative estimate of drug-likeness (QED) is 0.535. The molecule has 3 nitrogen and oxygen atoms in total. The first-order chi connectivity index (χ1) is 4.74. The third-order valence-electron chi connectivity index (χ3n) is 2.09. The average Bonchev–Trinajstić information content (AvgIpc) is 2.34. The Morgan fingerprint density at radius 1 is 1.60 bits per heavy atom. The lowest BCUT2D eigenvalue weighted by atomic mass is 10.1. The molecule has 0 saturated heterocycles. The third-order valence-corrected chi connectivity index (χ3v) is 2.09. The van der Waals surface area contributed by atoms with E-state index in [1.165, 1.54) is 0 Å². The standard InChI is InChI=1S/C7H14N2O/c1-9-7(10)5-2-3-6(8)4-5/h5-6H,2-4,8H2,1H3,(H,9,10)/t5-,6+/m1/s1. The number of hydrogen-bond donors (Lipinski definition) is 2. The van der Waals surface area contributed by atoms with Crippen molar-refractivity contribution in [3.8, 4) is 0 Å². The van der Waals surface area contributed by atoms with Crippen LogP contribution < -0.4 is 11.1 Å². The van der Waals surface area contributed by atoms with E-state index in [2.05, 4.69) is 5.32 Å². The summed E-state index contributed by atoms with van der Waals surface area (Å²) in [6.45, 7) is 0. The first-order valence-electron chi connectivity index (χ1n) is 3.71. The maximum Gasteiger partial charge on any atom is 0.222 e. The van der Waals surface area contributed by atoms with Gasteiger partial charge in [0, 0.05) is 19.0 Å². The van der Waals surface area contributed by atoms with Gasteiger partial charge in [-0.2, -0.15) is 0 Å². The molecule has 0 spiro atoms. The van der Waals surface area contributed by atoms with Crippen molar-refractivity contribution >= 4 is 5.91 Å². The summed E-state index contributed by atoms with van der Waals surface area (Å²) in [4.78, 5) is 11.0. The SMILES string of the molecule is CNC(=O)[C@@H]1CC[C@H](N)C1. The maximum absolute atomic E-state index is 11.0. The van der Waals surface area contributed by atoms with Crippen molar-refractivity contribution in [1.82, 2.24) is 5.32 Å². The van der Waals surface area contributed by atoms with Crippen LogP contribution in [0.1, 0.15) is 19.3 Å². The summed E-state index contributed by atoms with van der Waals surface area (Å²) in [5, 5.41) is 2.63. The number of carbonyl (C=O) groups excluding carboxylic acids is 1. The minimum atomic E-state index is 0.146. The second-order valence-corrected chi connectivity index (χ2v) is 2.88. The van der Waals surface area contributed by atoms with Gasteiger partial charge in [-0.1, -0.05) is 0 Å². The van der Waals surface area contributed by atoms with E-state index in [0.29, 0.717) is 0 Å². The Bertz CT molecular complexity index is 136. The molecular formula is C7H14N2O. The van der Waals surface area contributed by atoms with Crippen molar-refractivity contribution in [2.75, 3.05) is 7.05 Å². The van der Waals surface area contributed by atoms with E-state index in [0.717, 1.165) is 19.3 Å². The summed E-state index contributed by atoms with van der Waals surface area (Å²) >= 11 is 0. The Balaban J connectivity index is 2.37. The van der Waals surface area contributed by atoms with Gasteiger partial charge in [0.25, 0.3) is 0 Å². The van der Waals surface area contributed by atoms with E-state index < -0.39 is 0 Å². The number of rotatable bonds is 1. The summed E-state index contributed by atoms with van der Waals surface area (Å²) in [7, 11) is 1.67. The first kappa shape index (κ1) is 7.54.